The van der Waals surface area contributed by atoms with Crippen molar-refractivity contribution < 1.29 is 18.0 Å². The minimum Gasteiger partial charge on any atom is -0.349 e. The van der Waals surface area contributed by atoms with Crippen LogP contribution in [0.3, 0.4) is 0 Å². The van der Waals surface area contributed by atoms with E-state index in [1.807, 2.05) is 44.2 Å². The van der Waals surface area contributed by atoms with E-state index in [1.165, 1.54) is 12.1 Å². The standard InChI is InChI=1S/C15H18N2O4S2/c1-11(2)16-15(18)13-8-9-14(22-13)23(19,20)17-21-10-12-6-4-3-5-7-12/h3-9,11,17H,10H2,1-2H3,(H,16,18). The molecule has 0 atom stereocenters. The van der Waals surface area contributed by atoms with Crippen molar-refractivity contribution >= 4 is 27.3 Å². The average Bonchev–Trinajstić information content (AvgIpc) is 2.98. The minimum absolute atomic E-state index is 0.0167. The summed E-state index contributed by atoms with van der Waals surface area (Å²) in [5.41, 5.74) is 0.846. The molecule has 2 rings (SSSR count). The van der Waals surface area contributed by atoms with Crippen LogP contribution in [0.2, 0.25) is 0 Å². The fourth-order valence-electron chi connectivity index (χ4n) is 1.73. The molecule has 1 amide bonds. The third-order valence-electron chi connectivity index (χ3n) is 2.74. The molecule has 0 aliphatic heterocycles. The van der Waals surface area contributed by atoms with Gasteiger partial charge in [0.2, 0.25) is 0 Å². The van der Waals surface area contributed by atoms with Crippen LogP contribution in [0.15, 0.2) is 46.7 Å². The first-order chi connectivity index (χ1) is 10.9. The van der Waals surface area contributed by atoms with Crippen LogP contribution in [0.4, 0.5) is 0 Å². The van der Waals surface area contributed by atoms with E-state index in [1.54, 1.807) is 0 Å². The van der Waals surface area contributed by atoms with E-state index in [2.05, 4.69) is 10.2 Å². The van der Waals surface area contributed by atoms with E-state index in [0.29, 0.717) is 4.88 Å². The largest absolute Gasteiger partial charge is 0.349 e. The van der Waals surface area contributed by atoms with Gasteiger partial charge in [-0.2, -0.15) is 0 Å². The van der Waals surface area contributed by atoms with Crippen LogP contribution in [0.1, 0.15) is 29.1 Å². The van der Waals surface area contributed by atoms with Crippen LogP contribution in [-0.2, 0) is 21.5 Å². The van der Waals surface area contributed by atoms with Gasteiger partial charge in [-0.1, -0.05) is 35.2 Å². The Balaban J connectivity index is 1.97. The quantitative estimate of drug-likeness (QED) is 0.747. The Morgan fingerprint density at radius 2 is 1.87 bits per heavy atom. The van der Waals surface area contributed by atoms with Crippen LogP contribution in [0.5, 0.6) is 0 Å². The van der Waals surface area contributed by atoms with Crippen molar-refractivity contribution in [2.45, 2.75) is 30.7 Å². The molecule has 124 valence electrons. The van der Waals surface area contributed by atoms with Crippen molar-refractivity contribution in [1.29, 1.82) is 0 Å². The van der Waals surface area contributed by atoms with Gasteiger partial charge in [-0.15, -0.1) is 11.3 Å². The lowest BCUT2D eigenvalue weighted by molar-refractivity contribution is 0.0797. The van der Waals surface area contributed by atoms with E-state index in [-0.39, 0.29) is 22.8 Å². The third-order valence-corrected chi connectivity index (χ3v) is 5.53. The van der Waals surface area contributed by atoms with E-state index < -0.39 is 10.0 Å². The molecule has 1 heterocycles. The number of carbonyl (C=O) groups is 1. The van der Waals surface area contributed by atoms with Gasteiger partial charge in [-0.3, -0.25) is 9.63 Å². The molecule has 0 aliphatic carbocycles. The monoisotopic (exact) mass is 354 g/mol. The summed E-state index contributed by atoms with van der Waals surface area (Å²) in [6.45, 7) is 3.79. The lowest BCUT2D eigenvalue weighted by Crippen LogP contribution is -2.29. The van der Waals surface area contributed by atoms with Gasteiger partial charge in [0.15, 0.2) is 0 Å². The van der Waals surface area contributed by atoms with E-state index in [9.17, 15) is 13.2 Å². The number of benzene rings is 1. The molecule has 0 aliphatic rings. The predicted octanol–water partition coefficient (Wildman–Crippen LogP) is 2.30. The summed E-state index contributed by atoms with van der Waals surface area (Å²) in [5.74, 6) is -0.295. The minimum atomic E-state index is -3.81. The average molecular weight is 354 g/mol. The lowest BCUT2D eigenvalue weighted by Gasteiger charge is -2.06. The van der Waals surface area contributed by atoms with Gasteiger partial charge >= 0.3 is 0 Å². The molecule has 8 heteroatoms. The Labute approximate surface area is 139 Å². The summed E-state index contributed by atoms with van der Waals surface area (Å²) in [6.07, 6.45) is 0. The fourth-order valence-corrected chi connectivity index (χ4v) is 3.72. The topological polar surface area (TPSA) is 84.5 Å². The second-order valence-electron chi connectivity index (χ2n) is 5.11. The van der Waals surface area contributed by atoms with Crippen molar-refractivity contribution in [2.75, 3.05) is 0 Å². The highest BCUT2D eigenvalue weighted by molar-refractivity contribution is 7.91. The summed E-state index contributed by atoms with van der Waals surface area (Å²) in [4.78, 5) is 19.3. The zero-order valence-corrected chi connectivity index (χ0v) is 14.4. The van der Waals surface area contributed by atoms with Crippen molar-refractivity contribution in [3.8, 4) is 0 Å². The third kappa shape index (κ3) is 5.14. The summed E-state index contributed by atoms with van der Waals surface area (Å²) in [6, 6.07) is 12.0. The maximum atomic E-state index is 12.1. The van der Waals surface area contributed by atoms with Gasteiger partial charge in [0.05, 0.1) is 11.5 Å². The molecule has 23 heavy (non-hydrogen) atoms. The first-order valence-corrected chi connectivity index (χ1v) is 9.26. The molecule has 0 spiro atoms. The van der Waals surface area contributed by atoms with Crippen LogP contribution < -0.4 is 10.2 Å². The Kier molecular flexibility index (Phi) is 5.89. The van der Waals surface area contributed by atoms with Crippen LogP contribution in [-0.4, -0.2) is 20.4 Å². The molecule has 1 aromatic carbocycles. The molecule has 6 nitrogen and oxygen atoms in total. The molecule has 0 saturated carbocycles. The Morgan fingerprint density at radius 1 is 1.17 bits per heavy atom. The number of amides is 1. The summed E-state index contributed by atoms with van der Waals surface area (Å²) in [5, 5.41) is 2.71. The number of carbonyl (C=O) groups excluding carboxylic acids is 1. The van der Waals surface area contributed by atoms with E-state index in [4.69, 9.17) is 4.84 Å². The van der Waals surface area contributed by atoms with E-state index >= 15 is 0 Å². The normalized spacial score (nSPS) is 11.6. The molecular formula is C15H18N2O4S2. The van der Waals surface area contributed by atoms with Crippen molar-refractivity contribution in [1.82, 2.24) is 10.2 Å². The maximum Gasteiger partial charge on any atom is 0.271 e. The van der Waals surface area contributed by atoms with Crippen molar-refractivity contribution in [2.24, 2.45) is 0 Å². The Hall–Kier alpha value is -1.74. The molecule has 0 saturated heterocycles. The first kappa shape index (κ1) is 17.6. The van der Waals surface area contributed by atoms with Crippen molar-refractivity contribution in [3.63, 3.8) is 0 Å². The summed E-state index contributed by atoms with van der Waals surface area (Å²) >= 11 is 0.894. The molecule has 2 aromatic rings. The first-order valence-electron chi connectivity index (χ1n) is 6.97. The van der Waals surface area contributed by atoms with Gasteiger partial charge in [0.1, 0.15) is 4.21 Å². The van der Waals surface area contributed by atoms with Crippen LogP contribution >= 0.6 is 11.3 Å². The van der Waals surface area contributed by atoms with Gasteiger partial charge < -0.3 is 5.32 Å². The molecule has 0 bridgehead atoms. The Morgan fingerprint density at radius 3 is 2.52 bits per heavy atom. The summed E-state index contributed by atoms with van der Waals surface area (Å²) < 4.78 is 24.3. The zero-order chi connectivity index (χ0) is 16.9. The number of sulfonamides is 1. The van der Waals surface area contributed by atoms with Gasteiger partial charge in [-0.25, -0.2) is 8.42 Å². The fraction of sp³-hybridized carbons (Fsp3) is 0.267. The molecule has 2 N–H and O–H groups in total. The van der Waals surface area contributed by atoms with E-state index in [0.717, 1.165) is 16.9 Å². The smallest absolute Gasteiger partial charge is 0.271 e. The van der Waals surface area contributed by atoms with Crippen LogP contribution in [0, 0.1) is 0 Å². The predicted molar refractivity (Wildman–Crippen MR) is 88.5 cm³/mol. The highest BCUT2D eigenvalue weighted by atomic mass is 32.2. The number of hydrogen-bond acceptors (Lipinski definition) is 5. The maximum absolute atomic E-state index is 12.1. The highest BCUT2D eigenvalue weighted by Gasteiger charge is 2.19. The summed E-state index contributed by atoms with van der Waals surface area (Å²) in [7, 11) is -3.81. The number of thiophene rings is 1. The molecule has 1 aromatic heterocycles. The van der Waals surface area contributed by atoms with Gasteiger partial charge in [0.25, 0.3) is 15.9 Å². The molecule has 0 unspecified atom stereocenters. The molecule has 0 radical (unpaired) electrons. The van der Waals surface area contributed by atoms with Gasteiger partial charge in [0, 0.05) is 6.04 Å². The molecule has 0 fully saturated rings. The Bertz CT molecular complexity index is 755. The zero-order valence-electron chi connectivity index (χ0n) is 12.8. The second kappa shape index (κ2) is 7.69. The second-order valence-corrected chi connectivity index (χ2v) is 8.06. The number of rotatable bonds is 7. The number of hydrogen-bond donors (Lipinski definition) is 2. The van der Waals surface area contributed by atoms with Crippen molar-refractivity contribution in [3.05, 3.63) is 52.9 Å². The van der Waals surface area contributed by atoms with Gasteiger partial charge in [-0.05, 0) is 31.5 Å². The van der Waals surface area contributed by atoms with Crippen LogP contribution in [0.25, 0.3) is 0 Å². The SMILES string of the molecule is CC(C)NC(=O)c1ccc(S(=O)(=O)NOCc2ccccc2)s1. The molecular weight excluding hydrogens is 336 g/mol. The lowest BCUT2D eigenvalue weighted by atomic mass is 10.2. The highest BCUT2D eigenvalue weighted by Crippen LogP contribution is 2.21. The number of nitrogens with one attached hydrogen (secondary N) is 2.